The fourth-order valence-electron chi connectivity index (χ4n) is 4.81. The van der Waals surface area contributed by atoms with E-state index in [-0.39, 0.29) is 1.43 Å². The molecule has 144 valence electrons. The van der Waals surface area contributed by atoms with Crippen LogP contribution in [-0.2, 0) is 0 Å². The Morgan fingerprint density at radius 2 is 1.46 bits per heavy atom. The molecule has 0 atom stereocenters. The summed E-state index contributed by atoms with van der Waals surface area (Å²) in [5.74, 6) is 2.67. The fraction of sp³-hybridized carbons (Fsp3) is 1.00. The molecule has 1 saturated carbocycles. The minimum absolute atomic E-state index is 0. The number of nitrogens with zero attached hydrogens (tertiary/aromatic N) is 2. The molecule has 3 nitrogen and oxygen atoms in total. The Labute approximate surface area is 153 Å². The molecule has 0 spiro atoms. The van der Waals surface area contributed by atoms with Gasteiger partial charge in [-0.2, -0.15) is 0 Å². The molecule has 0 unspecified atom stereocenters. The number of nitrogens with one attached hydrogen (secondary N) is 1. The van der Waals surface area contributed by atoms with Crippen LogP contribution in [0.4, 0.5) is 0 Å². The summed E-state index contributed by atoms with van der Waals surface area (Å²) in [5, 5.41) is 3.72. The predicted octanol–water partition coefficient (Wildman–Crippen LogP) is 4.09. The maximum atomic E-state index is 3.72. The van der Waals surface area contributed by atoms with Crippen molar-refractivity contribution in [2.24, 2.45) is 17.8 Å². The lowest BCUT2D eigenvalue weighted by molar-refractivity contribution is 0.130. The summed E-state index contributed by atoms with van der Waals surface area (Å²) in [7, 11) is 2.36. The van der Waals surface area contributed by atoms with Gasteiger partial charge >= 0.3 is 0 Å². The van der Waals surface area contributed by atoms with E-state index in [0.29, 0.717) is 6.04 Å². The predicted molar refractivity (Wildman–Crippen MR) is 108 cm³/mol. The summed E-state index contributed by atoms with van der Waals surface area (Å²) in [6, 6.07) is 1.41. The molecular formula is C21H45N3. The Kier molecular flexibility index (Phi) is 8.53. The van der Waals surface area contributed by atoms with E-state index in [2.05, 4.69) is 49.9 Å². The monoisotopic (exact) mass is 339 g/mol. The molecule has 0 aromatic carbocycles. The molecular weight excluding hydrogens is 294 g/mol. The van der Waals surface area contributed by atoms with Crippen LogP contribution in [0.5, 0.6) is 0 Å². The van der Waals surface area contributed by atoms with Crippen molar-refractivity contribution < 1.29 is 1.43 Å². The van der Waals surface area contributed by atoms with Crippen molar-refractivity contribution in [1.29, 1.82) is 0 Å². The van der Waals surface area contributed by atoms with E-state index in [4.69, 9.17) is 0 Å². The normalized spacial score (nSPS) is 27.5. The van der Waals surface area contributed by atoms with Gasteiger partial charge in [-0.1, -0.05) is 27.7 Å². The first-order chi connectivity index (χ1) is 11.4. The van der Waals surface area contributed by atoms with Crippen LogP contribution in [0.2, 0.25) is 0 Å². The van der Waals surface area contributed by atoms with Crippen molar-refractivity contribution in [3.8, 4) is 0 Å². The second kappa shape index (κ2) is 10.1. The molecule has 1 heterocycles. The molecule has 0 aromatic heterocycles. The zero-order chi connectivity index (χ0) is 17.5. The van der Waals surface area contributed by atoms with Crippen LogP contribution in [0.1, 0.15) is 67.6 Å². The Morgan fingerprint density at radius 1 is 0.917 bits per heavy atom. The van der Waals surface area contributed by atoms with Crippen molar-refractivity contribution in [2.45, 2.75) is 78.3 Å². The standard InChI is InChI=1S/C21H43N3.H2/c1-17(2)14-24-12-10-20(11-13-24)16-23(5)15-19-6-8-21(9-7-19)22-18(3)4;/h17-22H,6-16H2,1-5H3;1H. The van der Waals surface area contributed by atoms with Gasteiger partial charge in [0.2, 0.25) is 0 Å². The van der Waals surface area contributed by atoms with Gasteiger partial charge in [-0.25, -0.2) is 0 Å². The number of rotatable bonds is 8. The molecule has 3 heteroatoms. The first-order valence-electron chi connectivity index (χ1n) is 10.6. The molecule has 1 aliphatic heterocycles. The first-order valence-corrected chi connectivity index (χ1v) is 10.6. The lowest BCUT2D eigenvalue weighted by Crippen LogP contribution is -2.41. The summed E-state index contributed by atoms with van der Waals surface area (Å²) in [4.78, 5) is 5.31. The van der Waals surface area contributed by atoms with Gasteiger partial charge in [-0.15, -0.1) is 0 Å². The van der Waals surface area contributed by atoms with Gasteiger partial charge in [0.05, 0.1) is 0 Å². The van der Waals surface area contributed by atoms with E-state index in [9.17, 15) is 0 Å². The molecule has 1 saturated heterocycles. The number of piperidine rings is 1. The van der Waals surface area contributed by atoms with Crippen LogP contribution in [0.15, 0.2) is 0 Å². The Hall–Kier alpha value is -0.120. The molecule has 0 bridgehead atoms. The van der Waals surface area contributed by atoms with Crippen LogP contribution in [0.25, 0.3) is 0 Å². The molecule has 1 N–H and O–H groups in total. The minimum Gasteiger partial charge on any atom is -0.312 e. The van der Waals surface area contributed by atoms with E-state index in [1.165, 1.54) is 71.2 Å². The van der Waals surface area contributed by atoms with E-state index >= 15 is 0 Å². The Bertz CT molecular complexity index is 300. The van der Waals surface area contributed by atoms with Crippen LogP contribution in [0.3, 0.4) is 0 Å². The Morgan fingerprint density at radius 3 is 1.96 bits per heavy atom. The summed E-state index contributed by atoms with van der Waals surface area (Å²) < 4.78 is 0. The third-order valence-corrected chi connectivity index (χ3v) is 5.89. The molecule has 0 aromatic rings. The van der Waals surface area contributed by atoms with Crippen LogP contribution >= 0.6 is 0 Å². The summed E-state index contributed by atoms with van der Waals surface area (Å²) in [6.45, 7) is 15.8. The number of hydrogen-bond acceptors (Lipinski definition) is 3. The van der Waals surface area contributed by atoms with Gasteiger partial charge in [-0.3, -0.25) is 0 Å². The minimum atomic E-state index is 0. The van der Waals surface area contributed by atoms with Crippen molar-refractivity contribution in [3.05, 3.63) is 0 Å². The van der Waals surface area contributed by atoms with Crippen LogP contribution < -0.4 is 5.32 Å². The van der Waals surface area contributed by atoms with E-state index in [1.54, 1.807) is 0 Å². The van der Waals surface area contributed by atoms with Crippen LogP contribution in [-0.4, -0.2) is 61.7 Å². The first kappa shape index (κ1) is 20.2. The second-order valence-electron chi connectivity index (χ2n) is 9.40. The quantitative estimate of drug-likeness (QED) is 0.718. The number of hydrogen-bond donors (Lipinski definition) is 1. The lowest BCUT2D eigenvalue weighted by Gasteiger charge is -2.36. The maximum Gasteiger partial charge on any atom is 0.00696 e. The van der Waals surface area contributed by atoms with E-state index in [0.717, 1.165) is 23.8 Å². The van der Waals surface area contributed by atoms with E-state index < -0.39 is 0 Å². The zero-order valence-corrected chi connectivity index (χ0v) is 17.1. The van der Waals surface area contributed by atoms with E-state index in [1.807, 2.05) is 0 Å². The molecule has 2 fully saturated rings. The summed E-state index contributed by atoms with van der Waals surface area (Å²) in [5.41, 5.74) is 0. The van der Waals surface area contributed by atoms with Gasteiger partial charge in [0.1, 0.15) is 0 Å². The van der Waals surface area contributed by atoms with Gasteiger partial charge < -0.3 is 15.1 Å². The number of likely N-dealkylation sites (tertiary alicyclic amines) is 1. The summed E-state index contributed by atoms with van der Waals surface area (Å²) >= 11 is 0. The molecule has 2 aliphatic rings. The van der Waals surface area contributed by atoms with Crippen molar-refractivity contribution in [2.75, 3.05) is 39.8 Å². The third kappa shape index (κ3) is 7.41. The molecule has 0 radical (unpaired) electrons. The average molecular weight is 340 g/mol. The lowest BCUT2D eigenvalue weighted by atomic mass is 9.85. The molecule has 1 aliphatic carbocycles. The van der Waals surface area contributed by atoms with Gasteiger partial charge in [0.25, 0.3) is 0 Å². The van der Waals surface area contributed by atoms with Crippen LogP contribution in [0, 0.1) is 17.8 Å². The van der Waals surface area contributed by atoms with Gasteiger partial charge in [0.15, 0.2) is 0 Å². The maximum absolute atomic E-state index is 3.72. The largest absolute Gasteiger partial charge is 0.312 e. The van der Waals surface area contributed by atoms with Crippen molar-refractivity contribution in [3.63, 3.8) is 0 Å². The highest BCUT2D eigenvalue weighted by Gasteiger charge is 2.24. The molecule has 2 rings (SSSR count). The molecule has 0 amide bonds. The highest BCUT2D eigenvalue weighted by molar-refractivity contribution is 4.81. The topological polar surface area (TPSA) is 18.5 Å². The van der Waals surface area contributed by atoms with Gasteiger partial charge in [-0.05, 0) is 76.4 Å². The zero-order valence-electron chi connectivity index (χ0n) is 17.1. The second-order valence-corrected chi connectivity index (χ2v) is 9.40. The highest BCUT2D eigenvalue weighted by Crippen LogP contribution is 2.26. The SMILES string of the molecule is CC(C)CN1CCC(CN(C)CC2CCC(NC(C)C)CC2)CC1.[HH]. The van der Waals surface area contributed by atoms with Gasteiger partial charge in [0, 0.05) is 33.1 Å². The fourth-order valence-corrected chi connectivity index (χ4v) is 4.81. The Balaban J connectivity index is 0.00000312. The summed E-state index contributed by atoms with van der Waals surface area (Å²) in [6.07, 6.45) is 8.40. The third-order valence-electron chi connectivity index (χ3n) is 5.89. The smallest absolute Gasteiger partial charge is 0.00696 e. The molecule has 24 heavy (non-hydrogen) atoms. The average Bonchev–Trinajstić information content (AvgIpc) is 2.50. The van der Waals surface area contributed by atoms with Crippen molar-refractivity contribution >= 4 is 0 Å². The highest BCUT2D eigenvalue weighted by atomic mass is 15.1. The van der Waals surface area contributed by atoms with Crippen molar-refractivity contribution in [1.82, 2.24) is 15.1 Å².